The van der Waals surface area contributed by atoms with Crippen molar-refractivity contribution in [2.24, 2.45) is 0 Å². The van der Waals surface area contributed by atoms with E-state index in [9.17, 15) is 4.57 Å². The normalized spacial score (nSPS) is 11.9. The summed E-state index contributed by atoms with van der Waals surface area (Å²) in [6, 6.07) is 0. The maximum Gasteiger partial charge on any atom is 0.330 e. The molecule has 12 heavy (non-hydrogen) atoms. The van der Waals surface area contributed by atoms with Crippen molar-refractivity contribution < 1.29 is 13.6 Å². The van der Waals surface area contributed by atoms with Crippen LogP contribution in [0.1, 0.15) is 26.2 Å². The Morgan fingerprint density at radius 1 is 1.25 bits per heavy atom. The van der Waals surface area contributed by atoms with Gasteiger partial charge in [-0.1, -0.05) is 19.8 Å². The summed E-state index contributed by atoms with van der Waals surface area (Å²) in [5.41, 5.74) is 0. The van der Waals surface area contributed by atoms with Gasteiger partial charge < -0.3 is 9.05 Å². The lowest BCUT2D eigenvalue weighted by Crippen LogP contribution is -1.94. The van der Waals surface area contributed by atoms with Crippen molar-refractivity contribution in [3.63, 3.8) is 0 Å². The van der Waals surface area contributed by atoms with Gasteiger partial charge in [0.15, 0.2) is 0 Å². The number of unbranched alkanes of at least 4 members (excludes halogenated alkanes) is 3. The van der Waals surface area contributed by atoms with Gasteiger partial charge in [0.25, 0.3) is 0 Å². The van der Waals surface area contributed by atoms with Crippen LogP contribution in [0.25, 0.3) is 0 Å². The number of hydrogen-bond donors (Lipinski definition) is 0. The Labute approximate surface area is 75.0 Å². The zero-order valence-electron chi connectivity index (χ0n) is 8.08. The molecule has 0 aromatic heterocycles. The lowest BCUT2D eigenvalue weighted by atomic mass is 10.2. The minimum absolute atomic E-state index is 0.522. The minimum Gasteiger partial charge on any atom is -0.312 e. The van der Waals surface area contributed by atoms with Crippen molar-refractivity contribution in [1.82, 2.24) is 0 Å². The van der Waals surface area contributed by atoms with Gasteiger partial charge in [0.2, 0.25) is 0 Å². The molecule has 0 saturated heterocycles. The molecular weight excluding hydrogens is 175 g/mol. The van der Waals surface area contributed by atoms with Crippen molar-refractivity contribution in [3.05, 3.63) is 6.42 Å². The van der Waals surface area contributed by atoms with Gasteiger partial charge in [-0.15, -0.1) is 0 Å². The number of rotatable bonds is 7. The molecule has 0 spiro atoms. The molecule has 0 N–H and O–H groups in total. The maximum absolute atomic E-state index is 11.5. The molecule has 0 bridgehead atoms. The molecule has 4 heteroatoms. The first-order valence-corrected chi connectivity index (χ1v) is 5.89. The minimum atomic E-state index is -2.74. The predicted octanol–water partition coefficient (Wildman–Crippen LogP) is 2.87. The summed E-state index contributed by atoms with van der Waals surface area (Å²) in [6.07, 6.45) is 5.63. The Morgan fingerprint density at radius 2 is 1.83 bits per heavy atom. The molecule has 0 aliphatic carbocycles. The first kappa shape index (κ1) is 12.2. The molecule has 0 fully saturated rings. The van der Waals surface area contributed by atoms with Crippen LogP contribution in [-0.4, -0.2) is 20.4 Å². The summed E-state index contributed by atoms with van der Waals surface area (Å²) in [5, 5.41) is 0. The van der Waals surface area contributed by atoms with E-state index in [0.717, 1.165) is 19.3 Å². The Balaban J connectivity index is 3.52. The average molecular weight is 193 g/mol. The van der Waals surface area contributed by atoms with Crippen LogP contribution in [0.5, 0.6) is 0 Å². The second-order valence-electron chi connectivity index (χ2n) is 2.60. The van der Waals surface area contributed by atoms with Crippen LogP contribution in [0, 0.1) is 6.42 Å². The molecule has 3 nitrogen and oxygen atoms in total. The average Bonchev–Trinajstić information content (AvgIpc) is 2.12. The second-order valence-corrected chi connectivity index (χ2v) is 5.00. The fourth-order valence-corrected chi connectivity index (χ4v) is 2.04. The van der Waals surface area contributed by atoms with Gasteiger partial charge in [-0.05, 0) is 12.8 Å². The van der Waals surface area contributed by atoms with E-state index in [1.807, 2.05) is 6.92 Å². The van der Waals surface area contributed by atoms with Crippen LogP contribution < -0.4 is 0 Å². The third-order valence-corrected chi connectivity index (χ3v) is 3.71. The second kappa shape index (κ2) is 6.64. The first-order chi connectivity index (χ1) is 5.68. The van der Waals surface area contributed by atoms with E-state index in [0.29, 0.717) is 6.16 Å². The van der Waals surface area contributed by atoms with E-state index >= 15 is 0 Å². The molecule has 0 heterocycles. The van der Waals surface area contributed by atoms with Gasteiger partial charge in [-0.2, -0.15) is 0 Å². The highest BCUT2D eigenvalue weighted by atomic mass is 31.2. The first-order valence-electron chi connectivity index (χ1n) is 4.17. The smallest absolute Gasteiger partial charge is 0.312 e. The Morgan fingerprint density at radius 3 is 2.25 bits per heavy atom. The molecule has 0 aliphatic rings. The standard InChI is InChI=1S/C8H18O3P/c1-4-5-6-7-8-12(9,10-2)11-3/h4H,5-8H2,1-3H3. The largest absolute Gasteiger partial charge is 0.330 e. The highest BCUT2D eigenvalue weighted by Crippen LogP contribution is 2.46. The molecule has 0 unspecified atom stereocenters. The summed E-state index contributed by atoms with van der Waals surface area (Å²) in [6.45, 7) is 2.02. The molecular formula is C8H18O3P. The van der Waals surface area contributed by atoms with Crippen LogP contribution in [0.15, 0.2) is 0 Å². The predicted molar refractivity (Wildman–Crippen MR) is 50.3 cm³/mol. The molecule has 73 valence electrons. The molecule has 0 amide bonds. The lowest BCUT2D eigenvalue weighted by molar-refractivity contribution is 0.275. The van der Waals surface area contributed by atoms with Gasteiger partial charge in [0, 0.05) is 14.2 Å². The van der Waals surface area contributed by atoms with E-state index in [-0.39, 0.29) is 0 Å². The molecule has 0 atom stereocenters. The Hall–Kier alpha value is 0.150. The summed E-state index contributed by atoms with van der Waals surface area (Å²) in [7, 11) is 0.118. The number of hydrogen-bond acceptors (Lipinski definition) is 3. The van der Waals surface area contributed by atoms with Gasteiger partial charge in [0.05, 0.1) is 6.16 Å². The summed E-state index contributed by atoms with van der Waals surface area (Å²) < 4.78 is 21.0. The molecule has 0 aliphatic heterocycles. The quantitative estimate of drug-likeness (QED) is 0.460. The van der Waals surface area contributed by atoms with Gasteiger partial charge in [-0.25, -0.2) is 0 Å². The third-order valence-electron chi connectivity index (χ3n) is 1.73. The topological polar surface area (TPSA) is 35.5 Å². The van der Waals surface area contributed by atoms with Crippen LogP contribution in [0.4, 0.5) is 0 Å². The van der Waals surface area contributed by atoms with Gasteiger partial charge >= 0.3 is 7.60 Å². The van der Waals surface area contributed by atoms with Crippen LogP contribution in [0.2, 0.25) is 0 Å². The molecule has 0 rings (SSSR count). The van der Waals surface area contributed by atoms with E-state index < -0.39 is 7.60 Å². The fourth-order valence-electron chi connectivity index (χ4n) is 0.911. The van der Waals surface area contributed by atoms with Crippen molar-refractivity contribution in [1.29, 1.82) is 0 Å². The monoisotopic (exact) mass is 193 g/mol. The highest BCUT2D eigenvalue weighted by Gasteiger charge is 2.19. The van der Waals surface area contributed by atoms with Crippen molar-refractivity contribution in [2.75, 3.05) is 20.4 Å². The summed E-state index contributed by atoms with van der Waals surface area (Å²) >= 11 is 0. The molecule has 1 radical (unpaired) electrons. The highest BCUT2D eigenvalue weighted by molar-refractivity contribution is 7.53. The van der Waals surface area contributed by atoms with Crippen molar-refractivity contribution in [2.45, 2.75) is 26.2 Å². The molecule has 0 aromatic rings. The fraction of sp³-hybridized carbons (Fsp3) is 0.875. The summed E-state index contributed by atoms with van der Waals surface area (Å²) in [4.78, 5) is 0. The SMILES string of the molecule is C[CH]CCCCP(=O)(OC)OC. The van der Waals surface area contributed by atoms with E-state index in [2.05, 4.69) is 6.42 Å². The third kappa shape index (κ3) is 4.91. The van der Waals surface area contributed by atoms with Crippen LogP contribution in [-0.2, 0) is 13.6 Å². The van der Waals surface area contributed by atoms with Crippen LogP contribution in [0.3, 0.4) is 0 Å². The maximum atomic E-state index is 11.5. The van der Waals surface area contributed by atoms with E-state index in [1.165, 1.54) is 14.2 Å². The van der Waals surface area contributed by atoms with Gasteiger partial charge in [0.1, 0.15) is 0 Å². The zero-order chi connectivity index (χ0) is 9.45. The summed E-state index contributed by atoms with van der Waals surface area (Å²) in [5.74, 6) is 0. The van der Waals surface area contributed by atoms with E-state index in [1.54, 1.807) is 0 Å². The molecule has 0 aromatic carbocycles. The zero-order valence-corrected chi connectivity index (χ0v) is 8.97. The van der Waals surface area contributed by atoms with E-state index in [4.69, 9.17) is 9.05 Å². The lowest BCUT2D eigenvalue weighted by Gasteiger charge is -2.12. The van der Waals surface area contributed by atoms with Gasteiger partial charge in [-0.3, -0.25) is 4.57 Å². The van der Waals surface area contributed by atoms with Crippen molar-refractivity contribution >= 4 is 7.60 Å². The Kier molecular flexibility index (Phi) is 6.73. The Bertz CT molecular complexity index is 139. The van der Waals surface area contributed by atoms with Crippen molar-refractivity contribution in [3.8, 4) is 0 Å². The molecule has 0 saturated carbocycles. The van der Waals surface area contributed by atoms with Crippen LogP contribution >= 0.6 is 7.60 Å².